The van der Waals surface area contributed by atoms with Gasteiger partial charge >= 0.3 is 0 Å². The molecule has 0 aliphatic rings. The van der Waals surface area contributed by atoms with Gasteiger partial charge in [0, 0.05) is 11.8 Å². The molecule has 40 valence electrons. The quantitative estimate of drug-likeness (QED) is 0.503. The van der Waals surface area contributed by atoms with E-state index in [2.05, 4.69) is 15.4 Å². The number of aryl methyl sites for hydroxylation is 1. The van der Waals surface area contributed by atoms with Crippen LogP contribution in [0.5, 0.6) is 0 Å². The minimum atomic E-state index is 0.669. The van der Waals surface area contributed by atoms with Crippen LogP contribution in [0.25, 0.3) is 0 Å². The largest absolute Gasteiger partial charge is 0.421 e. The van der Waals surface area contributed by atoms with Crippen LogP contribution < -0.4 is 5.23 Å². The number of anilines is 1. The Balaban J connectivity index is 2.84. The predicted molar refractivity (Wildman–Crippen MR) is 32.7 cm³/mol. The van der Waals surface area contributed by atoms with Gasteiger partial charge in [-0.05, 0) is 6.92 Å². The highest BCUT2D eigenvalue weighted by atomic mass is 15.2. The van der Waals surface area contributed by atoms with E-state index in [4.69, 9.17) is 7.98 Å². The molecule has 8 heavy (non-hydrogen) atoms. The fraction of sp³-hybridized carbons (Fsp3) is 0.250. The molecule has 2 N–H and O–H groups in total. The van der Waals surface area contributed by atoms with E-state index in [0.717, 1.165) is 5.69 Å². The SMILES string of the molecule is [B]Nc1cc(C)[nH]n1. The molecular formula is C4H6BN3. The van der Waals surface area contributed by atoms with Crippen molar-refractivity contribution in [1.82, 2.24) is 10.2 Å². The van der Waals surface area contributed by atoms with E-state index in [1.54, 1.807) is 0 Å². The van der Waals surface area contributed by atoms with Gasteiger partial charge in [-0.1, -0.05) is 0 Å². The van der Waals surface area contributed by atoms with Crippen molar-refractivity contribution in [2.24, 2.45) is 0 Å². The summed E-state index contributed by atoms with van der Waals surface area (Å²) >= 11 is 0. The minimum Gasteiger partial charge on any atom is -0.421 e. The van der Waals surface area contributed by atoms with Gasteiger partial charge in [0.25, 0.3) is 0 Å². The average Bonchev–Trinajstić information content (AvgIpc) is 2.14. The first kappa shape index (κ1) is 5.22. The van der Waals surface area contributed by atoms with Gasteiger partial charge in [-0.2, -0.15) is 5.10 Å². The van der Waals surface area contributed by atoms with Crippen molar-refractivity contribution < 1.29 is 0 Å². The third-order valence-corrected chi connectivity index (χ3v) is 0.854. The Hall–Kier alpha value is -0.925. The number of hydrogen-bond donors (Lipinski definition) is 2. The van der Waals surface area contributed by atoms with E-state index in [1.807, 2.05) is 13.0 Å². The van der Waals surface area contributed by atoms with Crippen LogP contribution in [0.2, 0.25) is 0 Å². The molecule has 1 rings (SSSR count). The summed E-state index contributed by atoms with van der Waals surface area (Å²) < 4.78 is 0. The Bertz CT molecular complexity index is 172. The second kappa shape index (κ2) is 1.90. The number of nitrogens with zero attached hydrogens (tertiary/aromatic N) is 1. The molecule has 3 nitrogen and oxygen atoms in total. The zero-order chi connectivity index (χ0) is 5.98. The molecule has 0 saturated carbocycles. The lowest BCUT2D eigenvalue weighted by molar-refractivity contribution is 1.05. The molecule has 1 aromatic heterocycles. The molecule has 0 aromatic carbocycles. The van der Waals surface area contributed by atoms with Crippen molar-refractivity contribution in [3.63, 3.8) is 0 Å². The van der Waals surface area contributed by atoms with Crippen LogP contribution in [0.3, 0.4) is 0 Å². The summed E-state index contributed by atoms with van der Waals surface area (Å²) in [7, 11) is 5.03. The molecule has 4 heteroatoms. The first-order chi connectivity index (χ1) is 3.83. The summed E-state index contributed by atoms with van der Waals surface area (Å²) in [6, 6.07) is 1.82. The number of aromatic nitrogens is 2. The maximum atomic E-state index is 5.03. The summed E-state index contributed by atoms with van der Waals surface area (Å²) in [5.74, 6) is 0.669. The molecule has 0 atom stereocenters. The van der Waals surface area contributed by atoms with Crippen LogP contribution in [-0.4, -0.2) is 18.2 Å². The van der Waals surface area contributed by atoms with Crippen molar-refractivity contribution in [2.75, 3.05) is 5.23 Å². The van der Waals surface area contributed by atoms with Crippen LogP contribution in [0.1, 0.15) is 5.69 Å². The highest BCUT2D eigenvalue weighted by Crippen LogP contribution is 2.00. The van der Waals surface area contributed by atoms with Crippen molar-refractivity contribution >= 4 is 13.8 Å². The van der Waals surface area contributed by atoms with E-state index >= 15 is 0 Å². The fourth-order valence-electron chi connectivity index (χ4n) is 0.492. The molecule has 0 bridgehead atoms. The number of hydrogen-bond acceptors (Lipinski definition) is 2. The molecule has 1 aromatic rings. The molecule has 0 aliphatic heterocycles. The van der Waals surface area contributed by atoms with Gasteiger partial charge in [0.2, 0.25) is 7.98 Å². The lowest BCUT2D eigenvalue weighted by Crippen LogP contribution is -1.88. The van der Waals surface area contributed by atoms with E-state index in [9.17, 15) is 0 Å². The highest BCUT2D eigenvalue weighted by Gasteiger charge is 1.88. The summed E-state index contributed by atoms with van der Waals surface area (Å²) in [6.45, 7) is 1.91. The number of rotatable bonds is 1. The van der Waals surface area contributed by atoms with Gasteiger partial charge in [0.1, 0.15) is 5.82 Å². The monoisotopic (exact) mass is 107 g/mol. The predicted octanol–water partition coefficient (Wildman–Crippen LogP) is 0.214. The third-order valence-electron chi connectivity index (χ3n) is 0.854. The van der Waals surface area contributed by atoms with Crippen molar-refractivity contribution in [3.05, 3.63) is 11.8 Å². The maximum Gasteiger partial charge on any atom is 0.224 e. The zero-order valence-corrected chi connectivity index (χ0v) is 4.60. The minimum absolute atomic E-state index is 0.669. The van der Waals surface area contributed by atoms with Gasteiger partial charge in [-0.3, -0.25) is 5.10 Å². The Labute approximate surface area is 48.9 Å². The van der Waals surface area contributed by atoms with Gasteiger partial charge in [-0.25, -0.2) is 0 Å². The molecule has 0 amide bonds. The molecule has 0 aliphatic carbocycles. The van der Waals surface area contributed by atoms with E-state index in [-0.39, 0.29) is 0 Å². The number of aromatic amines is 1. The summed E-state index contributed by atoms with van der Waals surface area (Å²) in [5.41, 5.74) is 0.998. The van der Waals surface area contributed by atoms with Crippen molar-refractivity contribution in [1.29, 1.82) is 0 Å². The smallest absolute Gasteiger partial charge is 0.224 e. The van der Waals surface area contributed by atoms with Crippen LogP contribution in [0, 0.1) is 6.92 Å². The molecule has 1 heterocycles. The lowest BCUT2D eigenvalue weighted by atomic mass is 10.4. The van der Waals surface area contributed by atoms with Gasteiger partial charge in [-0.15, -0.1) is 0 Å². The first-order valence-corrected chi connectivity index (χ1v) is 2.31. The molecule has 2 radical (unpaired) electrons. The van der Waals surface area contributed by atoms with E-state index in [1.165, 1.54) is 0 Å². The Morgan fingerprint density at radius 1 is 1.88 bits per heavy atom. The van der Waals surface area contributed by atoms with Crippen molar-refractivity contribution in [3.8, 4) is 0 Å². The average molecular weight is 107 g/mol. The van der Waals surface area contributed by atoms with Gasteiger partial charge in [0.05, 0.1) is 0 Å². The summed E-state index contributed by atoms with van der Waals surface area (Å²) in [5, 5.41) is 8.91. The Morgan fingerprint density at radius 3 is 2.88 bits per heavy atom. The number of nitrogens with one attached hydrogen (secondary N) is 2. The van der Waals surface area contributed by atoms with Crippen LogP contribution in [-0.2, 0) is 0 Å². The van der Waals surface area contributed by atoms with Crippen molar-refractivity contribution in [2.45, 2.75) is 6.92 Å². The standard InChI is InChI=1S/C4H6BN3/c1-3-2-4(6-5)8-7-3/h2H,1H3,(H2,6,7,8). The number of H-pyrrole nitrogens is 1. The summed E-state index contributed by atoms with van der Waals surface area (Å²) in [6.07, 6.45) is 0. The first-order valence-electron chi connectivity index (χ1n) is 2.31. The molecule has 0 spiro atoms. The molecule has 0 unspecified atom stereocenters. The topological polar surface area (TPSA) is 40.7 Å². The Kier molecular flexibility index (Phi) is 1.24. The molecule has 0 saturated heterocycles. The second-order valence-corrected chi connectivity index (χ2v) is 1.58. The molecule has 0 fully saturated rings. The van der Waals surface area contributed by atoms with Gasteiger partial charge < -0.3 is 5.23 Å². The van der Waals surface area contributed by atoms with Gasteiger partial charge in [0.15, 0.2) is 0 Å². The zero-order valence-electron chi connectivity index (χ0n) is 4.60. The van der Waals surface area contributed by atoms with Crippen LogP contribution in [0.4, 0.5) is 5.82 Å². The molecular weight excluding hydrogens is 101 g/mol. The second-order valence-electron chi connectivity index (χ2n) is 1.58. The highest BCUT2D eigenvalue weighted by molar-refractivity contribution is 6.15. The van der Waals surface area contributed by atoms with E-state index < -0.39 is 0 Å². The lowest BCUT2D eigenvalue weighted by Gasteiger charge is -1.84. The van der Waals surface area contributed by atoms with Crippen LogP contribution >= 0.6 is 0 Å². The summed E-state index contributed by atoms with van der Waals surface area (Å²) in [4.78, 5) is 0. The fourth-order valence-corrected chi connectivity index (χ4v) is 0.492. The third kappa shape index (κ3) is 0.830. The normalized spacial score (nSPS) is 9.12. The maximum absolute atomic E-state index is 5.03. The van der Waals surface area contributed by atoms with Crippen LogP contribution in [0.15, 0.2) is 6.07 Å². The van der Waals surface area contributed by atoms with E-state index in [0.29, 0.717) is 5.82 Å². The Morgan fingerprint density at radius 2 is 2.62 bits per heavy atom.